The second-order valence-corrected chi connectivity index (χ2v) is 4.60. The maximum Gasteiger partial charge on any atom is 0.182 e. The highest BCUT2D eigenvalue weighted by Crippen LogP contribution is 2.10. The Kier molecular flexibility index (Phi) is 3.22. The number of halogens is 1. The summed E-state index contributed by atoms with van der Waals surface area (Å²) in [6.45, 7) is 0.198. The van der Waals surface area contributed by atoms with Crippen LogP contribution in [0, 0.1) is 5.41 Å². The van der Waals surface area contributed by atoms with E-state index in [1.165, 1.54) is 11.3 Å². The molecule has 0 spiro atoms. The molecule has 1 aromatic carbocycles. The fraction of sp³-hybridized carbons (Fsp3) is 0.0909. The summed E-state index contributed by atoms with van der Waals surface area (Å²) in [5, 5.41) is 9.95. The van der Waals surface area contributed by atoms with E-state index in [4.69, 9.17) is 17.0 Å². The van der Waals surface area contributed by atoms with Gasteiger partial charge in [-0.25, -0.2) is 0 Å². The van der Waals surface area contributed by atoms with Crippen LogP contribution in [-0.2, 0) is 6.54 Å². The Morgan fingerprint density at radius 1 is 1.38 bits per heavy atom. The van der Waals surface area contributed by atoms with Gasteiger partial charge in [0.2, 0.25) is 0 Å². The zero-order valence-corrected chi connectivity index (χ0v) is 9.89. The van der Waals surface area contributed by atoms with Gasteiger partial charge in [-0.3, -0.25) is 10.2 Å². The third-order valence-electron chi connectivity index (χ3n) is 2.16. The lowest BCUT2D eigenvalue weighted by Crippen LogP contribution is -2.18. The molecule has 0 saturated heterocycles. The van der Waals surface area contributed by atoms with Crippen LogP contribution in [0.3, 0.4) is 0 Å². The highest BCUT2D eigenvalue weighted by molar-refractivity contribution is 7.06. The largest absolute Gasteiger partial charge is 0.316 e. The minimum Gasteiger partial charge on any atom is -0.316 e. The van der Waals surface area contributed by atoms with Crippen molar-refractivity contribution >= 4 is 28.7 Å². The van der Waals surface area contributed by atoms with Gasteiger partial charge in [-0.05, 0) is 24.3 Å². The molecule has 0 saturated carbocycles. The van der Waals surface area contributed by atoms with Crippen LogP contribution >= 0.6 is 22.9 Å². The summed E-state index contributed by atoms with van der Waals surface area (Å²) in [6.07, 6.45) is 1.74. The van der Waals surface area contributed by atoms with Crippen molar-refractivity contribution in [3.8, 4) is 0 Å². The number of benzene rings is 1. The first-order chi connectivity index (χ1) is 7.66. The fourth-order valence-corrected chi connectivity index (χ4v) is 2.03. The van der Waals surface area contributed by atoms with Gasteiger partial charge < -0.3 is 4.57 Å². The van der Waals surface area contributed by atoms with Gasteiger partial charge in [0.1, 0.15) is 0 Å². The molecule has 0 amide bonds. The van der Waals surface area contributed by atoms with Gasteiger partial charge in [0.25, 0.3) is 0 Å². The molecule has 2 aromatic rings. The van der Waals surface area contributed by atoms with Crippen LogP contribution in [0.2, 0.25) is 5.02 Å². The number of carbonyl (C=O) groups excluding carboxylic acids is 1. The second kappa shape index (κ2) is 4.63. The molecular formula is C11H9ClN2OS. The number of hydrogen-bond acceptors (Lipinski definition) is 3. The van der Waals surface area contributed by atoms with E-state index >= 15 is 0 Å². The molecule has 0 aliphatic heterocycles. The van der Waals surface area contributed by atoms with Crippen molar-refractivity contribution < 1.29 is 4.79 Å². The highest BCUT2D eigenvalue weighted by atomic mass is 35.5. The van der Waals surface area contributed by atoms with Crippen molar-refractivity contribution in [3.05, 3.63) is 51.2 Å². The Morgan fingerprint density at radius 2 is 2.06 bits per heavy atom. The molecule has 0 unspecified atom stereocenters. The third-order valence-corrected chi connectivity index (χ3v) is 3.13. The predicted octanol–water partition coefficient (Wildman–Crippen LogP) is 2.57. The maximum atomic E-state index is 11.8. The number of nitrogens with zero attached hydrogens (tertiary/aromatic N) is 1. The molecule has 0 aliphatic rings. The van der Waals surface area contributed by atoms with Gasteiger partial charge >= 0.3 is 0 Å². The molecule has 82 valence electrons. The van der Waals surface area contributed by atoms with E-state index in [1.54, 1.807) is 40.4 Å². The van der Waals surface area contributed by atoms with Crippen molar-refractivity contribution in [2.45, 2.75) is 6.54 Å². The molecule has 0 radical (unpaired) electrons. The molecule has 16 heavy (non-hydrogen) atoms. The molecule has 1 aromatic heterocycles. The molecule has 1 heterocycles. The standard InChI is InChI=1S/C11H9ClN2OS/c12-9-3-1-8(2-4-9)10(15)7-14-5-6-16-11(14)13/h1-6,13H,7H2. The number of ketones is 1. The first kappa shape index (κ1) is 11.1. The maximum absolute atomic E-state index is 11.8. The molecule has 0 aliphatic carbocycles. The van der Waals surface area contributed by atoms with E-state index in [0.717, 1.165) is 0 Å². The van der Waals surface area contributed by atoms with E-state index in [0.29, 0.717) is 15.4 Å². The van der Waals surface area contributed by atoms with Crippen LogP contribution < -0.4 is 4.80 Å². The van der Waals surface area contributed by atoms with Gasteiger partial charge in [-0.2, -0.15) is 0 Å². The first-order valence-electron chi connectivity index (χ1n) is 4.64. The number of thiazole rings is 1. The lowest BCUT2D eigenvalue weighted by Gasteiger charge is -2.02. The van der Waals surface area contributed by atoms with Gasteiger partial charge in [0.05, 0.1) is 6.54 Å². The Hall–Kier alpha value is -1.39. The van der Waals surface area contributed by atoms with Crippen molar-refractivity contribution in [1.82, 2.24) is 4.57 Å². The monoisotopic (exact) mass is 252 g/mol. The summed E-state index contributed by atoms with van der Waals surface area (Å²) in [5.74, 6) is -0.0198. The Labute approximate surface area is 101 Å². The van der Waals surface area contributed by atoms with Gasteiger partial charge in [0, 0.05) is 22.2 Å². The molecule has 3 nitrogen and oxygen atoms in total. The number of Topliss-reactive ketones (excluding diaryl/α,β-unsaturated/α-hetero) is 1. The number of aromatic nitrogens is 1. The fourth-order valence-electron chi connectivity index (χ4n) is 1.31. The van der Waals surface area contributed by atoms with Gasteiger partial charge in [-0.1, -0.05) is 11.6 Å². The van der Waals surface area contributed by atoms with Gasteiger partial charge in [0.15, 0.2) is 10.6 Å². The van der Waals surface area contributed by atoms with Crippen molar-refractivity contribution in [2.75, 3.05) is 0 Å². The number of nitrogens with one attached hydrogen (secondary N) is 1. The van der Waals surface area contributed by atoms with E-state index in [1.807, 2.05) is 0 Å². The quantitative estimate of drug-likeness (QED) is 0.839. The van der Waals surface area contributed by atoms with Crippen LogP contribution in [0.4, 0.5) is 0 Å². The van der Waals surface area contributed by atoms with Crippen LogP contribution in [0.1, 0.15) is 10.4 Å². The first-order valence-corrected chi connectivity index (χ1v) is 5.90. The van der Waals surface area contributed by atoms with Crippen LogP contribution in [0.15, 0.2) is 35.8 Å². The molecule has 5 heteroatoms. The van der Waals surface area contributed by atoms with Crippen molar-refractivity contribution in [2.24, 2.45) is 0 Å². The molecular weight excluding hydrogens is 244 g/mol. The molecule has 2 rings (SSSR count). The average Bonchev–Trinajstić information content (AvgIpc) is 2.65. The molecule has 0 atom stereocenters. The van der Waals surface area contributed by atoms with Crippen LogP contribution in [0.5, 0.6) is 0 Å². The summed E-state index contributed by atoms with van der Waals surface area (Å²) in [4.78, 5) is 12.2. The summed E-state index contributed by atoms with van der Waals surface area (Å²) in [7, 11) is 0. The lowest BCUT2D eigenvalue weighted by atomic mass is 10.1. The van der Waals surface area contributed by atoms with E-state index in [2.05, 4.69) is 0 Å². The zero-order valence-electron chi connectivity index (χ0n) is 8.31. The Morgan fingerprint density at radius 3 is 2.62 bits per heavy atom. The topological polar surface area (TPSA) is 45.9 Å². The smallest absolute Gasteiger partial charge is 0.182 e. The number of hydrogen-bond donors (Lipinski definition) is 1. The zero-order chi connectivity index (χ0) is 11.5. The summed E-state index contributed by atoms with van der Waals surface area (Å²) >= 11 is 7.04. The molecule has 0 fully saturated rings. The summed E-state index contributed by atoms with van der Waals surface area (Å²) < 4.78 is 1.61. The highest BCUT2D eigenvalue weighted by Gasteiger charge is 2.06. The number of rotatable bonds is 3. The summed E-state index contributed by atoms with van der Waals surface area (Å²) in [6, 6.07) is 6.77. The van der Waals surface area contributed by atoms with Crippen LogP contribution in [0.25, 0.3) is 0 Å². The second-order valence-electron chi connectivity index (χ2n) is 3.27. The lowest BCUT2D eigenvalue weighted by molar-refractivity contribution is 0.0971. The Balaban J connectivity index is 2.18. The van der Waals surface area contributed by atoms with Crippen LogP contribution in [-0.4, -0.2) is 10.4 Å². The van der Waals surface area contributed by atoms with E-state index < -0.39 is 0 Å². The van der Waals surface area contributed by atoms with E-state index in [-0.39, 0.29) is 12.3 Å². The average molecular weight is 253 g/mol. The molecule has 1 N–H and O–H groups in total. The minimum absolute atomic E-state index is 0.0198. The van der Waals surface area contributed by atoms with Gasteiger partial charge in [-0.15, -0.1) is 11.3 Å². The Bertz CT molecular complexity index is 556. The summed E-state index contributed by atoms with van der Waals surface area (Å²) in [5.41, 5.74) is 0.613. The normalized spacial score (nSPS) is 10.3. The van der Waals surface area contributed by atoms with Crippen molar-refractivity contribution in [3.63, 3.8) is 0 Å². The molecule has 0 bridgehead atoms. The SMILES string of the molecule is N=c1sccn1CC(=O)c1ccc(Cl)cc1. The number of carbonyl (C=O) groups is 1. The minimum atomic E-state index is -0.0198. The van der Waals surface area contributed by atoms with E-state index in [9.17, 15) is 4.79 Å². The third kappa shape index (κ3) is 2.40. The van der Waals surface area contributed by atoms with Crippen molar-refractivity contribution in [1.29, 1.82) is 5.41 Å². The predicted molar refractivity (Wildman–Crippen MR) is 63.9 cm³/mol.